The van der Waals surface area contributed by atoms with E-state index in [1.807, 2.05) is 0 Å². The Morgan fingerprint density at radius 3 is 2.80 bits per heavy atom. The first-order chi connectivity index (χ1) is 7.29. The molecule has 2 N–H and O–H groups in total. The zero-order valence-electron chi connectivity index (χ0n) is 10.1. The Morgan fingerprint density at radius 1 is 1.33 bits per heavy atom. The van der Waals surface area contributed by atoms with Gasteiger partial charge in [0.25, 0.3) is 0 Å². The highest BCUT2D eigenvalue weighted by Crippen LogP contribution is 2.39. The van der Waals surface area contributed by atoms with Crippen molar-refractivity contribution in [2.24, 2.45) is 11.3 Å². The fraction of sp³-hybridized carbons (Fsp3) is 1.00. The van der Waals surface area contributed by atoms with Crippen LogP contribution in [0, 0.1) is 11.3 Å². The molecule has 15 heavy (non-hydrogen) atoms. The molecule has 88 valence electrons. The highest BCUT2D eigenvalue weighted by Gasteiger charge is 2.30. The van der Waals surface area contributed by atoms with Crippen molar-refractivity contribution in [1.29, 1.82) is 0 Å². The van der Waals surface area contributed by atoms with Gasteiger partial charge in [-0.15, -0.1) is 0 Å². The largest absolute Gasteiger partial charge is 0.316 e. The number of hydrogen-bond acceptors (Lipinski definition) is 2. The number of hydrogen-bond donors (Lipinski definition) is 2. The van der Waals surface area contributed by atoms with Gasteiger partial charge in [-0.3, -0.25) is 0 Å². The first-order valence-corrected chi connectivity index (χ1v) is 6.70. The Balaban J connectivity index is 1.50. The van der Waals surface area contributed by atoms with Crippen LogP contribution in [0.4, 0.5) is 0 Å². The summed E-state index contributed by atoms with van der Waals surface area (Å²) >= 11 is 0. The summed E-state index contributed by atoms with van der Waals surface area (Å²) in [6, 6.07) is 0. The molecule has 1 unspecified atom stereocenters. The molecule has 1 saturated heterocycles. The van der Waals surface area contributed by atoms with E-state index in [4.69, 9.17) is 0 Å². The van der Waals surface area contributed by atoms with E-state index in [0.717, 1.165) is 5.92 Å². The Hall–Kier alpha value is -0.0800. The molecule has 0 radical (unpaired) electrons. The van der Waals surface area contributed by atoms with Crippen LogP contribution < -0.4 is 10.6 Å². The maximum atomic E-state index is 3.65. The van der Waals surface area contributed by atoms with Crippen molar-refractivity contribution in [3.05, 3.63) is 0 Å². The normalized spacial score (nSPS) is 29.8. The van der Waals surface area contributed by atoms with Crippen molar-refractivity contribution >= 4 is 0 Å². The van der Waals surface area contributed by atoms with Crippen molar-refractivity contribution in [2.75, 3.05) is 26.2 Å². The summed E-state index contributed by atoms with van der Waals surface area (Å²) in [7, 11) is 0. The van der Waals surface area contributed by atoms with Crippen molar-refractivity contribution in [1.82, 2.24) is 10.6 Å². The lowest BCUT2D eigenvalue weighted by Crippen LogP contribution is -2.38. The van der Waals surface area contributed by atoms with Gasteiger partial charge < -0.3 is 10.6 Å². The average molecular weight is 210 g/mol. The Kier molecular flexibility index (Phi) is 4.04. The minimum atomic E-state index is 0.644. The number of rotatable bonds is 5. The SMILES string of the molecule is CC1(CNCCC2CCCNC2)CCC1. The fourth-order valence-electron chi connectivity index (χ4n) is 2.82. The zero-order valence-corrected chi connectivity index (χ0v) is 10.1. The van der Waals surface area contributed by atoms with Gasteiger partial charge in [0, 0.05) is 6.54 Å². The summed E-state index contributed by atoms with van der Waals surface area (Å²) < 4.78 is 0. The molecule has 2 fully saturated rings. The standard InChI is InChI=1S/C13H26N2/c1-13(6-3-7-13)11-15-9-5-12-4-2-8-14-10-12/h12,14-15H,2-11H2,1H3. The van der Waals surface area contributed by atoms with Crippen LogP contribution in [0.1, 0.15) is 45.4 Å². The van der Waals surface area contributed by atoms with Gasteiger partial charge in [-0.1, -0.05) is 13.3 Å². The lowest BCUT2D eigenvalue weighted by Gasteiger charge is -2.38. The molecule has 0 aromatic carbocycles. The first-order valence-electron chi connectivity index (χ1n) is 6.70. The van der Waals surface area contributed by atoms with Gasteiger partial charge >= 0.3 is 0 Å². The van der Waals surface area contributed by atoms with Crippen LogP contribution in [0.2, 0.25) is 0 Å². The van der Waals surface area contributed by atoms with E-state index in [1.165, 1.54) is 64.7 Å². The molecule has 1 saturated carbocycles. The monoisotopic (exact) mass is 210 g/mol. The third kappa shape index (κ3) is 3.46. The van der Waals surface area contributed by atoms with E-state index in [9.17, 15) is 0 Å². The minimum Gasteiger partial charge on any atom is -0.316 e. The molecular weight excluding hydrogens is 184 g/mol. The molecule has 0 aromatic heterocycles. The lowest BCUT2D eigenvalue weighted by molar-refractivity contribution is 0.155. The van der Waals surface area contributed by atoms with E-state index in [2.05, 4.69) is 17.6 Å². The van der Waals surface area contributed by atoms with Gasteiger partial charge in [-0.25, -0.2) is 0 Å². The fourth-order valence-corrected chi connectivity index (χ4v) is 2.82. The Labute approximate surface area is 94.2 Å². The van der Waals surface area contributed by atoms with Crippen LogP contribution in [0.25, 0.3) is 0 Å². The molecule has 0 aromatic rings. The van der Waals surface area contributed by atoms with E-state index in [1.54, 1.807) is 0 Å². The summed E-state index contributed by atoms with van der Waals surface area (Å²) in [5.74, 6) is 0.931. The third-order valence-corrected chi connectivity index (χ3v) is 4.24. The van der Waals surface area contributed by atoms with Crippen LogP contribution in [0.15, 0.2) is 0 Å². The molecule has 1 aliphatic heterocycles. The predicted octanol–water partition coefficient (Wildman–Crippen LogP) is 2.16. The average Bonchev–Trinajstić information content (AvgIpc) is 2.23. The first kappa shape index (κ1) is 11.4. The second kappa shape index (κ2) is 5.31. The van der Waals surface area contributed by atoms with Crippen LogP contribution in [0.5, 0.6) is 0 Å². The lowest BCUT2D eigenvalue weighted by atomic mass is 9.70. The second-order valence-corrected chi connectivity index (χ2v) is 5.84. The van der Waals surface area contributed by atoms with E-state index >= 15 is 0 Å². The van der Waals surface area contributed by atoms with Gasteiger partial charge in [-0.05, 0) is 63.1 Å². The summed E-state index contributed by atoms with van der Waals surface area (Å²) in [5, 5.41) is 7.13. The smallest absolute Gasteiger partial charge is 0.000516 e. The number of piperidine rings is 1. The van der Waals surface area contributed by atoms with Gasteiger partial charge in [0.1, 0.15) is 0 Å². The van der Waals surface area contributed by atoms with Gasteiger partial charge in [0.2, 0.25) is 0 Å². The topological polar surface area (TPSA) is 24.1 Å². The van der Waals surface area contributed by atoms with E-state index < -0.39 is 0 Å². The van der Waals surface area contributed by atoms with E-state index in [0.29, 0.717) is 5.41 Å². The van der Waals surface area contributed by atoms with E-state index in [-0.39, 0.29) is 0 Å². The van der Waals surface area contributed by atoms with Crippen molar-refractivity contribution in [3.8, 4) is 0 Å². The van der Waals surface area contributed by atoms with Crippen molar-refractivity contribution in [3.63, 3.8) is 0 Å². The van der Waals surface area contributed by atoms with Crippen LogP contribution in [-0.2, 0) is 0 Å². The molecule has 0 amide bonds. The molecule has 2 nitrogen and oxygen atoms in total. The molecule has 2 aliphatic rings. The highest BCUT2D eigenvalue weighted by atomic mass is 14.9. The predicted molar refractivity (Wildman–Crippen MR) is 65.0 cm³/mol. The number of nitrogens with one attached hydrogen (secondary N) is 2. The Bertz CT molecular complexity index is 181. The van der Waals surface area contributed by atoms with Crippen molar-refractivity contribution in [2.45, 2.75) is 45.4 Å². The molecule has 2 heteroatoms. The van der Waals surface area contributed by atoms with Gasteiger partial charge in [0.05, 0.1) is 0 Å². The van der Waals surface area contributed by atoms with Crippen molar-refractivity contribution < 1.29 is 0 Å². The molecule has 0 spiro atoms. The van der Waals surface area contributed by atoms with Crippen LogP contribution in [-0.4, -0.2) is 26.2 Å². The quantitative estimate of drug-likeness (QED) is 0.680. The van der Waals surface area contributed by atoms with Crippen LogP contribution >= 0.6 is 0 Å². The van der Waals surface area contributed by atoms with Gasteiger partial charge in [-0.2, -0.15) is 0 Å². The molecule has 0 bridgehead atoms. The maximum Gasteiger partial charge on any atom is 0.000516 e. The summed E-state index contributed by atoms with van der Waals surface area (Å²) in [6.07, 6.45) is 8.50. The molecule has 1 atom stereocenters. The molecule has 2 rings (SSSR count). The summed E-state index contributed by atoms with van der Waals surface area (Å²) in [4.78, 5) is 0. The summed E-state index contributed by atoms with van der Waals surface area (Å²) in [6.45, 7) is 7.38. The highest BCUT2D eigenvalue weighted by molar-refractivity contribution is 4.85. The second-order valence-electron chi connectivity index (χ2n) is 5.84. The summed E-state index contributed by atoms with van der Waals surface area (Å²) in [5.41, 5.74) is 0.644. The molecule has 1 heterocycles. The third-order valence-electron chi connectivity index (χ3n) is 4.24. The maximum absolute atomic E-state index is 3.65. The zero-order chi connectivity index (χ0) is 10.6. The molecular formula is C13H26N2. The Morgan fingerprint density at radius 2 is 2.20 bits per heavy atom. The minimum absolute atomic E-state index is 0.644. The molecule has 1 aliphatic carbocycles. The van der Waals surface area contributed by atoms with Crippen LogP contribution in [0.3, 0.4) is 0 Å². The van der Waals surface area contributed by atoms with Gasteiger partial charge in [0.15, 0.2) is 0 Å².